The monoisotopic (exact) mass is 322 g/mol. The van der Waals surface area contributed by atoms with Crippen LogP contribution in [-0.4, -0.2) is 9.97 Å². The van der Waals surface area contributed by atoms with Crippen molar-refractivity contribution < 1.29 is 9.47 Å². The summed E-state index contributed by atoms with van der Waals surface area (Å²) in [6, 6.07) is 2.97. The van der Waals surface area contributed by atoms with Gasteiger partial charge in [-0.25, -0.2) is 0 Å². The van der Waals surface area contributed by atoms with E-state index in [1.165, 1.54) is 12.1 Å². The fourth-order valence-electron chi connectivity index (χ4n) is 1.37. The summed E-state index contributed by atoms with van der Waals surface area (Å²) in [5.41, 5.74) is 0. The number of hydrogen-bond acceptors (Lipinski definition) is 4. The summed E-state index contributed by atoms with van der Waals surface area (Å²) in [5.74, 6) is 1.000. The maximum atomic E-state index is 5.83. The van der Waals surface area contributed by atoms with Crippen molar-refractivity contribution in [3.8, 4) is 23.3 Å². The Kier molecular flexibility index (Phi) is 2.90. The van der Waals surface area contributed by atoms with E-state index in [4.69, 9.17) is 55.9 Å². The molecule has 0 atom stereocenters. The minimum absolute atomic E-state index is 0.121. The van der Waals surface area contributed by atoms with Gasteiger partial charge in [-0.3, -0.25) is 0 Å². The van der Waals surface area contributed by atoms with Crippen molar-refractivity contribution in [1.82, 2.24) is 9.97 Å². The van der Waals surface area contributed by atoms with Crippen molar-refractivity contribution in [1.29, 1.82) is 0 Å². The van der Waals surface area contributed by atoms with Crippen LogP contribution < -0.4 is 9.47 Å². The summed E-state index contributed by atoms with van der Waals surface area (Å²) in [6.45, 7) is 0. The van der Waals surface area contributed by atoms with Gasteiger partial charge in [-0.05, 0) is 0 Å². The molecule has 3 rings (SSSR count). The first-order valence-corrected chi connectivity index (χ1v) is 6.13. The number of rotatable bonds is 0. The molecule has 2 aromatic heterocycles. The number of pyridine rings is 2. The van der Waals surface area contributed by atoms with Crippen LogP contribution in [0.2, 0.25) is 20.4 Å². The molecule has 0 fully saturated rings. The molecule has 0 aromatic carbocycles. The third-order valence-electron chi connectivity index (χ3n) is 2.14. The third-order valence-corrected chi connectivity index (χ3v) is 3.49. The van der Waals surface area contributed by atoms with Crippen molar-refractivity contribution in [2.75, 3.05) is 0 Å². The van der Waals surface area contributed by atoms with Gasteiger partial charge in [0.25, 0.3) is 11.8 Å². The Balaban J connectivity index is 2.12. The maximum Gasteiger partial charge on any atom is 0.265 e. The van der Waals surface area contributed by atoms with E-state index in [9.17, 15) is 0 Å². The van der Waals surface area contributed by atoms with E-state index >= 15 is 0 Å². The van der Waals surface area contributed by atoms with Gasteiger partial charge in [0.15, 0.2) is 21.8 Å². The van der Waals surface area contributed by atoms with Gasteiger partial charge in [0.05, 0.1) is 10.0 Å². The van der Waals surface area contributed by atoms with E-state index in [2.05, 4.69) is 9.97 Å². The van der Waals surface area contributed by atoms with Crippen LogP contribution in [-0.2, 0) is 0 Å². The quantitative estimate of drug-likeness (QED) is 0.547. The molecule has 1 aliphatic rings. The van der Waals surface area contributed by atoms with Crippen molar-refractivity contribution >= 4 is 46.4 Å². The Labute approximate surface area is 121 Å². The van der Waals surface area contributed by atoms with Gasteiger partial charge in [-0.15, -0.1) is 0 Å². The summed E-state index contributed by atoms with van der Waals surface area (Å²) in [5, 5.41) is 0.746. The van der Waals surface area contributed by atoms with Crippen LogP contribution in [0.3, 0.4) is 0 Å². The minimum atomic E-state index is 0.121. The van der Waals surface area contributed by atoms with Crippen LogP contribution in [0.25, 0.3) is 0 Å². The van der Waals surface area contributed by atoms with E-state index in [0.29, 0.717) is 11.5 Å². The van der Waals surface area contributed by atoms with E-state index in [1.54, 1.807) is 0 Å². The van der Waals surface area contributed by atoms with Crippen molar-refractivity contribution in [3.63, 3.8) is 0 Å². The fourth-order valence-corrected chi connectivity index (χ4v) is 1.91. The molecule has 8 heteroatoms. The van der Waals surface area contributed by atoms with Crippen molar-refractivity contribution in [3.05, 3.63) is 32.5 Å². The average Bonchev–Trinajstić information content (AvgIpc) is 2.31. The van der Waals surface area contributed by atoms with E-state index in [-0.39, 0.29) is 32.1 Å². The van der Waals surface area contributed by atoms with Gasteiger partial charge in [-0.2, -0.15) is 9.97 Å². The highest BCUT2D eigenvalue weighted by Gasteiger charge is 2.24. The second kappa shape index (κ2) is 4.31. The van der Waals surface area contributed by atoms with Gasteiger partial charge >= 0.3 is 0 Å². The first-order valence-electron chi connectivity index (χ1n) is 4.62. The second-order valence-corrected chi connectivity index (χ2v) is 4.86. The van der Waals surface area contributed by atoms with Crippen molar-refractivity contribution in [2.45, 2.75) is 0 Å². The molecule has 0 amide bonds. The molecule has 0 saturated heterocycles. The zero-order valence-electron chi connectivity index (χ0n) is 8.38. The van der Waals surface area contributed by atoms with E-state index in [0.717, 1.165) is 0 Å². The number of nitrogens with zero attached hydrogens (tertiary/aromatic N) is 2. The topological polar surface area (TPSA) is 44.2 Å². The van der Waals surface area contributed by atoms with Crippen LogP contribution >= 0.6 is 46.4 Å². The summed E-state index contributed by atoms with van der Waals surface area (Å²) >= 11 is 23.2. The fraction of sp³-hybridized carbons (Fsp3) is 0. The number of aromatic nitrogens is 2. The molecular weight excluding hydrogens is 322 g/mol. The number of halogens is 4. The lowest BCUT2D eigenvalue weighted by Gasteiger charge is -2.19. The maximum absolute atomic E-state index is 5.83. The molecule has 0 N–H and O–H groups in total. The molecule has 0 unspecified atom stereocenters. The predicted octanol–water partition coefficient (Wildman–Crippen LogP) is 4.99. The molecular formula is C10H2Cl4N2O2. The zero-order valence-corrected chi connectivity index (χ0v) is 11.4. The van der Waals surface area contributed by atoms with Crippen LogP contribution in [0.4, 0.5) is 0 Å². The smallest absolute Gasteiger partial charge is 0.265 e. The summed E-state index contributed by atoms with van der Waals surface area (Å²) < 4.78 is 10.9. The summed E-state index contributed by atoms with van der Waals surface area (Å²) in [6.07, 6.45) is 0. The number of fused-ring (bicyclic) bond motifs is 2. The van der Waals surface area contributed by atoms with Crippen LogP contribution in [0.1, 0.15) is 0 Å². The van der Waals surface area contributed by atoms with Gasteiger partial charge in [0.1, 0.15) is 0 Å². The normalized spacial score (nSPS) is 12.2. The highest BCUT2D eigenvalue weighted by Crippen LogP contribution is 2.46. The summed E-state index contributed by atoms with van der Waals surface area (Å²) in [4.78, 5) is 7.89. The van der Waals surface area contributed by atoms with Gasteiger partial charge in [-0.1, -0.05) is 46.4 Å². The molecule has 3 heterocycles. The number of hydrogen-bond donors (Lipinski definition) is 0. The molecule has 18 heavy (non-hydrogen) atoms. The van der Waals surface area contributed by atoms with Gasteiger partial charge < -0.3 is 9.47 Å². The number of ether oxygens (including phenoxy) is 2. The molecule has 4 nitrogen and oxygen atoms in total. The SMILES string of the molecule is Clc1cc2c(nc1Cl)Oc1cc(Cl)c(Cl)nc1O2. The zero-order chi connectivity index (χ0) is 12.9. The van der Waals surface area contributed by atoms with E-state index in [1.807, 2.05) is 0 Å². The Bertz CT molecular complexity index is 551. The second-order valence-electron chi connectivity index (χ2n) is 3.33. The Morgan fingerprint density at radius 3 is 1.50 bits per heavy atom. The Morgan fingerprint density at radius 1 is 0.722 bits per heavy atom. The summed E-state index contributed by atoms with van der Waals surface area (Å²) in [7, 11) is 0. The molecule has 0 bridgehead atoms. The Hall–Kier alpha value is -0.940. The molecule has 1 aliphatic heterocycles. The lowest BCUT2D eigenvalue weighted by Crippen LogP contribution is -2.03. The molecule has 0 spiro atoms. The van der Waals surface area contributed by atoms with Crippen LogP contribution in [0, 0.1) is 0 Å². The third kappa shape index (κ3) is 1.95. The highest BCUT2D eigenvalue weighted by atomic mass is 35.5. The van der Waals surface area contributed by atoms with Crippen LogP contribution in [0.5, 0.6) is 23.3 Å². The largest absolute Gasteiger partial charge is 0.430 e. The van der Waals surface area contributed by atoms with Crippen molar-refractivity contribution in [2.24, 2.45) is 0 Å². The molecule has 0 aliphatic carbocycles. The predicted molar refractivity (Wildman–Crippen MR) is 68.7 cm³/mol. The standard InChI is InChI=1S/C10H2Cl4N2O2/c11-3-1-5-9(15-7(3)13)18-6-2-4(12)8(14)16-10(6)17-5/h1-2H. The molecule has 2 aromatic rings. The van der Waals surface area contributed by atoms with E-state index < -0.39 is 0 Å². The first-order chi connectivity index (χ1) is 8.54. The minimum Gasteiger partial charge on any atom is -0.430 e. The first kappa shape index (κ1) is 12.1. The van der Waals surface area contributed by atoms with Gasteiger partial charge in [0.2, 0.25) is 0 Å². The molecule has 0 radical (unpaired) electrons. The Morgan fingerprint density at radius 2 is 1.11 bits per heavy atom. The lowest BCUT2D eigenvalue weighted by atomic mass is 10.4. The highest BCUT2D eigenvalue weighted by molar-refractivity contribution is 6.41. The molecule has 0 saturated carbocycles. The van der Waals surface area contributed by atoms with Gasteiger partial charge in [0, 0.05) is 12.1 Å². The average molecular weight is 324 g/mol. The molecule has 92 valence electrons. The lowest BCUT2D eigenvalue weighted by molar-refractivity contribution is 0.337. The van der Waals surface area contributed by atoms with Crippen LogP contribution in [0.15, 0.2) is 12.1 Å².